The van der Waals surface area contributed by atoms with Crippen molar-refractivity contribution in [3.8, 4) is 11.1 Å². The van der Waals surface area contributed by atoms with Crippen LogP contribution in [0, 0.1) is 13.8 Å². The maximum Gasteiger partial charge on any atom is 0.341 e. The molecule has 26 heavy (non-hydrogen) atoms. The molecule has 0 aliphatic carbocycles. The lowest BCUT2D eigenvalue weighted by Crippen LogP contribution is -2.15. The second kappa shape index (κ2) is 8.62. The molecule has 7 heteroatoms. The molecule has 1 aromatic carbocycles. The van der Waals surface area contributed by atoms with Crippen LogP contribution in [0.4, 0.5) is 5.00 Å². The molecular formula is C19H21NO5S. The number of rotatable bonds is 7. The van der Waals surface area contributed by atoms with E-state index < -0.39 is 17.8 Å². The number of nitrogens with one attached hydrogen (secondary N) is 1. The third-order valence-corrected chi connectivity index (χ3v) is 4.66. The van der Waals surface area contributed by atoms with Crippen LogP contribution in [-0.4, -0.2) is 29.6 Å². The molecule has 0 unspecified atom stereocenters. The van der Waals surface area contributed by atoms with Gasteiger partial charge in [0, 0.05) is 17.4 Å². The normalized spacial score (nSPS) is 10.4. The molecule has 0 fully saturated rings. The van der Waals surface area contributed by atoms with Crippen LogP contribution in [0.25, 0.3) is 11.1 Å². The Kier molecular flexibility index (Phi) is 6.52. The zero-order valence-corrected chi connectivity index (χ0v) is 15.7. The van der Waals surface area contributed by atoms with Crippen LogP contribution in [0.15, 0.2) is 23.6 Å². The molecular weight excluding hydrogens is 354 g/mol. The first-order chi connectivity index (χ1) is 12.3. The number of aryl methyl sites for hydroxylation is 2. The molecule has 2 aromatic rings. The molecule has 0 bridgehead atoms. The third kappa shape index (κ3) is 4.70. The summed E-state index contributed by atoms with van der Waals surface area (Å²) in [5, 5.41) is 13.5. The van der Waals surface area contributed by atoms with Gasteiger partial charge < -0.3 is 15.2 Å². The third-order valence-electron chi connectivity index (χ3n) is 3.76. The minimum Gasteiger partial charge on any atom is -0.481 e. The standard InChI is InChI=1S/C19H21NO5S/c1-4-25-19(24)17-14(13-6-5-11(2)9-12(13)3)10-26-18(17)20-15(21)7-8-16(22)23/h5-6,9-10H,4,7-8H2,1-3H3,(H,20,21)(H,22,23). The summed E-state index contributed by atoms with van der Waals surface area (Å²) in [4.78, 5) is 35.1. The predicted octanol–water partition coefficient (Wildman–Crippen LogP) is 4.01. The Morgan fingerprint density at radius 3 is 2.50 bits per heavy atom. The fourth-order valence-electron chi connectivity index (χ4n) is 2.58. The van der Waals surface area contributed by atoms with Gasteiger partial charge in [-0.05, 0) is 31.9 Å². The number of thiophene rings is 1. The molecule has 1 aromatic heterocycles. The second-order valence-electron chi connectivity index (χ2n) is 5.83. The molecule has 2 N–H and O–H groups in total. The largest absolute Gasteiger partial charge is 0.481 e. The van der Waals surface area contributed by atoms with Gasteiger partial charge >= 0.3 is 11.9 Å². The number of esters is 1. The van der Waals surface area contributed by atoms with Crippen LogP contribution in [-0.2, 0) is 14.3 Å². The second-order valence-corrected chi connectivity index (χ2v) is 6.71. The van der Waals surface area contributed by atoms with Gasteiger partial charge in [0.2, 0.25) is 5.91 Å². The lowest BCUT2D eigenvalue weighted by atomic mass is 9.97. The maximum absolute atomic E-state index is 12.5. The van der Waals surface area contributed by atoms with Crippen LogP contribution in [0.1, 0.15) is 41.3 Å². The number of hydrogen-bond donors (Lipinski definition) is 2. The van der Waals surface area contributed by atoms with E-state index in [1.807, 2.05) is 32.0 Å². The maximum atomic E-state index is 12.5. The summed E-state index contributed by atoms with van der Waals surface area (Å²) in [6.45, 7) is 5.88. The number of benzene rings is 1. The van der Waals surface area contributed by atoms with Crippen molar-refractivity contribution in [1.82, 2.24) is 0 Å². The van der Waals surface area contributed by atoms with Crippen molar-refractivity contribution in [3.63, 3.8) is 0 Å². The van der Waals surface area contributed by atoms with E-state index in [9.17, 15) is 14.4 Å². The molecule has 2 rings (SSSR count). The highest BCUT2D eigenvalue weighted by Crippen LogP contribution is 2.38. The smallest absolute Gasteiger partial charge is 0.341 e. The highest BCUT2D eigenvalue weighted by molar-refractivity contribution is 7.15. The number of carboxylic acids is 1. The van der Waals surface area contributed by atoms with Crippen molar-refractivity contribution in [2.45, 2.75) is 33.6 Å². The van der Waals surface area contributed by atoms with Gasteiger partial charge in [0.25, 0.3) is 0 Å². The van der Waals surface area contributed by atoms with Crippen molar-refractivity contribution < 1.29 is 24.2 Å². The Bertz CT molecular complexity index is 840. The molecule has 0 spiro atoms. The Labute approximate surface area is 155 Å². The van der Waals surface area contributed by atoms with Gasteiger partial charge in [0.05, 0.1) is 13.0 Å². The number of anilines is 1. The van der Waals surface area contributed by atoms with Crippen molar-refractivity contribution in [1.29, 1.82) is 0 Å². The van der Waals surface area contributed by atoms with E-state index in [4.69, 9.17) is 9.84 Å². The summed E-state index contributed by atoms with van der Waals surface area (Å²) in [7, 11) is 0. The van der Waals surface area contributed by atoms with Crippen LogP contribution >= 0.6 is 11.3 Å². The quantitative estimate of drug-likeness (QED) is 0.713. The van der Waals surface area contributed by atoms with Gasteiger partial charge in [0.15, 0.2) is 0 Å². The lowest BCUT2D eigenvalue weighted by Gasteiger charge is -2.10. The molecule has 0 atom stereocenters. The number of carbonyl (C=O) groups is 3. The molecule has 1 amide bonds. The van der Waals surface area contributed by atoms with E-state index in [-0.39, 0.29) is 19.4 Å². The summed E-state index contributed by atoms with van der Waals surface area (Å²) in [6.07, 6.45) is -0.426. The molecule has 1 heterocycles. The summed E-state index contributed by atoms with van der Waals surface area (Å²) in [5.41, 5.74) is 4.01. The van der Waals surface area contributed by atoms with Crippen molar-refractivity contribution in [2.24, 2.45) is 0 Å². The first-order valence-corrected chi connectivity index (χ1v) is 9.09. The Hall–Kier alpha value is -2.67. The molecule has 0 saturated heterocycles. The minimum absolute atomic E-state index is 0.158. The van der Waals surface area contributed by atoms with E-state index >= 15 is 0 Å². The number of carbonyl (C=O) groups excluding carboxylic acids is 2. The molecule has 138 valence electrons. The average Bonchev–Trinajstić information content (AvgIpc) is 2.96. The predicted molar refractivity (Wildman–Crippen MR) is 101 cm³/mol. The van der Waals surface area contributed by atoms with Crippen molar-refractivity contribution in [2.75, 3.05) is 11.9 Å². The first kappa shape index (κ1) is 19.7. The van der Waals surface area contributed by atoms with Crippen LogP contribution in [0.5, 0.6) is 0 Å². The number of ether oxygens (including phenoxy) is 1. The van der Waals surface area contributed by atoms with Gasteiger partial charge in [0.1, 0.15) is 10.6 Å². The summed E-state index contributed by atoms with van der Waals surface area (Å²) >= 11 is 1.22. The molecule has 0 saturated carbocycles. The Morgan fingerprint density at radius 1 is 1.15 bits per heavy atom. The lowest BCUT2D eigenvalue weighted by molar-refractivity contribution is -0.138. The van der Waals surface area contributed by atoms with Gasteiger partial charge in [-0.1, -0.05) is 23.8 Å². The Balaban J connectivity index is 2.40. The monoisotopic (exact) mass is 375 g/mol. The van der Waals surface area contributed by atoms with Crippen LogP contribution < -0.4 is 5.32 Å². The highest BCUT2D eigenvalue weighted by atomic mass is 32.1. The van der Waals surface area contributed by atoms with E-state index in [0.29, 0.717) is 16.1 Å². The van der Waals surface area contributed by atoms with Gasteiger partial charge in [-0.25, -0.2) is 4.79 Å². The summed E-state index contributed by atoms with van der Waals surface area (Å²) in [6, 6.07) is 5.92. The fraction of sp³-hybridized carbons (Fsp3) is 0.316. The first-order valence-electron chi connectivity index (χ1n) is 8.21. The number of carboxylic acid groups (broad SMARTS) is 1. The fourth-order valence-corrected chi connectivity index (χ4v) is 3.54. The van der Waals surface area contributed by atoms with E-state index in [1.165, 1.54) is 11.3 Å². The molecule has 0 radical (unpaired) electrons. The number of aliphatic carboxylic acids is 1. The van der Waals surface area contributed by atoms with E-state index in [0.717, 1.165) is 16.7 Å². The molecule has 0 aliphatic rings. The zero-order chi connectivity index (χ0) is 19.3. The summed E-state index contributed by atoms with van der Waals surface area (Å²) in [5.74, 6) is -2.02. The van der Waals surface area contributed by atoms with E-state index in [1.54, 1.807) is 12.3 Å². The van der Waals surface area contributed by atoms with Crippen LogP contribution in [0.3, 0.4) is 0 Å². The van der Waals surface area contributed by atoms with Crippen molar-refractivity contribution in [3.05, 3.63) is 40.3 Å². The number of hydrogen-bond acceptors (Lipinski definition) is 5. The van der Waals surface area contributed by atoms with E-state index in [2.05, 4.69) is 5.32 Å². The zero-order valence-electron chi connectivity index (χ0n) is 14.9. The van der Waals surface area contributed by atoms with Gasteiger partial charge in [-0.3, -0.25) is 9.59 Å². The average molecular weight is 375 g/mol. The summed E-state index contributed by atoms with van der Waals surface area (Å²) < 4.78 is 5.15. The van der Waals surface area contributed by atoms with Gasteiger partial charge in [-0.15, -0.1) is 11.3 Å². The Morgan fingerprint density at radius 2 is 1.88 bits per heavy atom. The molecule has 6 nitrogen and oxygen atoms in total. The van der Waals surface area contributed by atoms with Crippen molar-refractivity contribution >= 4 is 34.2 Å². The van der Waals surface area contributed by atoms with Gasteiger partial charge in [-0.2, -0.15) is 0 Å². The molecule has 0 aliphatic heterocycles. The number of amides is 1. The topological polar surface area (TPSA) is 92.7 Å². The minimum atomic E-state index is -1.05. The SMILES string of the molecule is CCOC(=O)c1c(-c2ccc(C)cc2C)csc1NC(=O)CCC(=O)O. The highest BCUT2D eigenvalue weighted by Gasteiger charge is 2.23. The van der Waals surface area contributed by atoms with Crippen LogP contribution in [0.2, 0.25) is 0 Å².